The smallest absolute Gasteiger partial charge is 0.180 e. The van der Waals surface area contributed by atoms with Gasteiger partial charge in [-0.3, -0.25) is 4.90 Å². The molecule has 0 N–H and O–H groups in total. The van der Waals surface area contributed by atoms with Gasteiger partial charge >= 0.3 is 0 Å². The van der Waals surface area contributed by atoms with Crippen LogP contribution in [0.25, 0.3) is 5.65 Å². The van der Waals surface area contributed by atoms with Crippen LogP contribution >= 0.6 is 0 Å². The SMILES string of the molecule is CC(C)N1CCN(c2nccn3ccnc23)CC1. The number of rotatable bonds is 2. The van der Waals surface area contributed by atoms with Crippen LogP contribution in [0, 0.1) is 0 Å². The first-order valence-electron chi connectivity index (χ1n) is 6.52. The number of imidazole rings is 1. The van der Waals surface area contributed by atoms with Crippen molar-refractivity contribution >= 4 is 11.5 Å². The van der Waals surface area contributed by atoms with Crippen molar-refractivity contribution in [2.75, 3.05) is 31.1 Å². The Morgan fingerprint density at radius 3 is 2.33 bits per heavy atom. The van der Waals surface area contributed by atoms with Crippen LogP contribution < -0.4 is 4.90 Å². The number of nitrogens with zero attached hydrogens (tertiary/aromatic N) is 5. The van der Waals surface area contributed by atoms with E-state index in [4.69, 9.17) is 0 Å². The van der Waals surface area contributed by atoms with Crippen molar-refractivity contribution in [2.45, 2.75) is 19.9 Å². The summed E-state index contributed by atoms with van der Waals surface area (Å²) in [7, 11) is 0. The maximum atomic E-state index is 4.50. The van der Waals surface area contributed by atoms with Gasteiger partial charge in [0.15, 0.2) is 11.5 Å². The van der Waals surface area contributed by atoms with E-state index in [9.17, 15) is 0 Å². The Kier molecular flexibility index (Phi) is 2.91. The van der Waals surface area contributed by atoms with Crippen LogP contribution in [0.15, 0.2) is 24.8 Å². The van der Waals surface area contributed by atoms with E-state index >= 15 is 0 Å². The summed E-state index contributed by atoms with van der Waals surface area (Å²) < 4.78 is 2.02. The summed E-state index contributed by atoms with van der Waals surface area (Å²) in [5, 5.41) is 0. The molecule has 3 rings (SSSR count). The monoisotopic (exact) mass is 245 g/mol. The Hall–Kier alpha value is -1.62. The standard InChI is InChI=1S/C13H19N5/c1-11(2)16-7-9-18(10-8-16)13-12-14-3-5-17(12)6-4-15-13/h3-6,11H,7-10H2,1-2H3. The van der Waals surface area contributed by atoms with Crippen LogP contribution in [0.1, 0.15) is 13.8 Å². The maximum absolute atomic E-state index is 4.50. The van der Waals surface area contributed by atoms with Crippen molar-refractivity contribution in [1.29, 1.82) is 0 Å². The van der Waals surface area contributed by atoms with Crippen molar-refractivity contribution in [3.05, 3.63) is 24.8 Å². The molecular formula is C13H19N5. The summed E-state index contributed by atoms with van der Waals surface area (Å²) in [6.45, 7) is 8.75. The van der Waals surface area contributed by atoms with Crippen LogP contribution in [0.3, 0.4) is 0 Å². The molecule has 0 spiro atoms. The molecule has 2 aromatic rings. The second kappa shape index (κ2) is 4.57. The van der Waals surface area contributed by atoms with E-state index in [1.165, 1.54) is 0 Å². The van der Waals surface area contributed by atoms with E-state index in [0.29, 0.717) is 6.04 Å². The van der Waals surface area contributed by atoms with Crippen molar-refractivity contribution in [1.82, 2.24) is 19.3 Å². The summed E-state index contributed by atoms with van der Waals surface area (Å²) in [6, 6.07) is 0.627. The molecule has 0 bridgehead atoms. The van der Waals surface area contributed by atoms with Gasteiger partial charge in [0.25, 0.3) is 0 Å². The lowest BCUT2D eigenvalue weighted by molar-refractivity contribution is 0.209. The fraction of sp³-hybridized carbons (Fsp3) is 0.538. The fourth-order valence-corrected chi connectivity index (χ4v) is 2.51. The first-order valence-corrected chi connectivity index (χ1v) is 6.52. The molecule has 1 aliphatic heterocycles. The van der Waals surface area contributed by atoms with Crippen LogP contribution in [0.5, 0.6) is 0 Å². The summed E-state index contributed by atoms with van der Waals surface area (Å²) in [4.78, 5) is 13.7. The Bertz CT molecular complexity index is 525. The van der Waals surface area contributed by atoms with Gasteiger partial charge in [-0.1, -0.05) is 0 Å². The van der Waals surface area contributed by atoms with Gasteiger partial charge in [-0.05, 0) is 13.8 Å². The third-order valence-corrected chi connectivity index (χ3v) is 3.64. The Labute approximate surface area is 107 Å². The highest BCUT2D eigenvalue weighted by Gasteiger charge is 2.21. The molecule has 0 radical (unpaired) electrons. The second-order valence-electron chi connectivity index (χ2n) is 5.03. The molecule has 0 aliphatic carbocycles. The fourth-order valence-electron chi connectivity index (χ4n) is 2.51. The quantitative estimate of drug-likeness (QED) is 0.798. The lowest BCUT2D eigenvalue weighted by Gasteiger charge is -2.37. The van der Waals surface area contributed by atoms with Crippen LogP contribution in [0.4, 0.5) is 5.82 Å². The van der Waals surface area contributed by atoms with Crippen molar-refractivity contribution in [2.24, 2.45) is 0 Å². The third-order valence-electron chi connectivity index (χ3n) is 3.64. The van der Waals surface area contributed by atoms with Gasteiger partial charge in [0, 0.05) is 57.0 Å². The van der Waals surface area contributed by atoms with E-state index in [1.54, 1.807) is 0 Å². The molecule has 2 aromatic heterocycles. The van der Waals surface area contributed by atoms with Gasteiger partial charge in [0.05, 0.1) is 0 Å². The maximum Gasteiger partial charge on any atom is 0.180 e. The highest BCUT2D eigenvalue weighted by molar-refractivity contribution is 5.64. The van der Waals surface area contributed by atoms with Gasteiger partial charge < -0.3 is 9.30 Å². The van der Waals surface area contributed by atoms with Crippen LogP contribution in [0.2, 0.25) is 0 Å². The molecule has 1 saturated heterocycles. The zero-order valence-corrected chi connectivity index (χ0v) is 11.0. The summed E-state index contributed by atoms with van der Waals surface area (Å²) in [5.41, 5.74) is 0.954. The number of fused-ring (bicyclic) bond motifs is 1. The molecule has 18 heavy (non-hydrogen) atoms. The average Bonchev–Trinajstić information content (AvgIpc) is 2.87. The number of hydrogen-bond donors (Lipinski definition) is 0. The molecule has 96 valence electrons. The minimum atomic E-state index is 0.627. The lowest BCUT2D eigenvalue weighted by atomic mass is 10.2. The molecule has 5 heteroatoms. The zero-order valence-electron chi connectivity index (χ0n) is 11.0. The highest BCUT2D eigenvalue weighted by atomic mass is 15.3. The predicted molar refractivity (Wildman–Crippen MR) is 71.9 cm³/mol. The van der Waals surface area contributed by atoms with Gasteiger partial charge in [-0.15, -0.1) is 0 Å². The Morgan fingerprint density at radius 1 is 1.00 bits per heavy atom. The van der Waals surface area contributed by atoms with Crippen LogP contribution in [-0.4, -0.2) is 51.5 Å². The number of anilines is 1. The van der Waals surface area contributed by atoms with E-state index in [2.05, 4.69) is 33.6 Å². The topological polar surface area (TPSA) is 36.7 Å². The van der Waals surface area contributed by atoms with Crippen molar-refractivity contribution in [3.8, 4) is 0 Å². The number of piperazine rings is 1. The van der Waals surface area contributed by atoms with Gasteiger partial charge in [0.2, 0.25) is 0 Å². The molecule has 1 fully saturated rings. The third kappa shape index (κ3) is 1.95. The Balaban J connectivity index is 1.82. The normalized spacial score (nSPS) is 17.8. The van der Waals surface area contributed by atoms with E-state index in [1.807, 2.05) is 29.2 Å². The number of aromatic nitrogens is 3. The molecule has 0 unspecified atom stereocenters. The first-order chi connectivity index (χ1) is 8.75. The first kappa shape index (κ1) is 11.5. The van der Waals surface area contributed by atoms with Crippen molar-refractivity contribution in [3.63, 3.8) is 0 Å². The molecular weight excluding hydrogens is 226 g/mol. The minimum absolute atomic E-state index is 0.627. The largest absolute Gasteiger partial charge is 0.351 e. The summed E-state index contributed by atoms with van der Waals surface area (Å²) >= 11 is 0. The molecule has 0 amide bonds. The van der Waals surface area contributed by atoms with Gasteiger partial charge in [-0.25, -0.2) is 9.97 Å². The van der Waals surface area contributed by atoms with Crippen molar-refractivity contribution < 1.29 is 0 Å². The van der Waals surface area contributed by atoms with Gasteiger partial charge in [-0.2, -0.15) is 0 Å². The molecule has 0 atom stereocenters. The molecule has 0 saturated carbocycles. The zero-order chi connectivity index (χ0) is 12.5. The molecule has 5 nitrogen and oxygen atoms in total. The van der Waals surface area contributed by atoms with E-state index in [0.717, 1.165) is 37.6 Å². The molecule has 1 aliphatic rings. The molecule has 3 heterocycles. The summed E-state index contributed by atoms with van der Waals surface area (Å²) in [6.07, 6.45) is 7.57. The van der Waals surface area contributed by atoms with E-state index in [-0.39, 0.29) is 0 Å². The number of hydrogen-bond acceptors (Lipinski definition) is 4. The molecule has 0 aromatic carbocycles. The minimum Gasteiger partial charge on any atom is -0.351 e. The summed E-state index contributed by atoms with van der Waals surface area (Å²) in [5.74, 6) is 1.01. The van der Waals surface area contributed by atoms with Crippen LogP contribution in [-0.2, 0) is 0 Å². The predicted octanol–water partition coefficient (Wildman–Crippen LogP) is 1.26. The second-order valence-corrected chi connectivity index (χ2v) is 5.03. The Morgan fingerprint density at radius 2 is 1.67 bits per heavy atom. The van der Waals surface area contributed by atoms with E-state index < -0.39 is 0 Å². The average molecular weight is 245 g/mol. The highest BCUT2D eigenvalue weighted by Crippen LogP contribution is 2.19. The van der Waals surface area contributed by atoms with Gasteiger partial charge in [0.1, 0.15) is 0 Å². The lowest BCUT2D eigenvalue weighted by Crippen LogP contribution is -2.49.